The van der Waals surface area contributed by atoms with Crippen LogP contribution in [0.15, 0.2) is 17.5 Å². The molecule has 4 heteroatoms. The van der Waals surface area contributed by atoms with E-state index in [2.05, 4.69) is 6.07 Å². The molecule has 2 rings (SSSR count). The summed E-state index contributed by atoms with van der Waals surface area (Å²) >= 11 is 1.65. The monoisotopic (exact) mass is 276 g/mol. The van der Waals surface area contributed by atoms with Gasteiger partial charge in [0.25, 0.3) is 0 Å². The van der Waals surface area contributed by atoms with E-state index in [0.717, 1.165) is 19.3 Å². The second-order valence-electron chi connectivity index (χ2n) is 5.36. The van der Waals surface area contributed by atoms with Crippen LogP contribution in [0, 0.1) is 16.7 Å². The lowest BCUT2D eigenvalue weighted by Crippen LogP contribution is -2.43. The van der Waals surface area contributed by atoms with E-state index in [1.165, 1.54) is 4.88 Å². The highest BCUT2D eigenvalue weighted by molar-refractivity contribution is 7.10. The van der Waals surface area contributed by atoms with Crippen LogP contribution in [0.4, 0.5) is 0 Å². The van der Waals surface area contributed by atoms with Crippen LogP contribution >= 0.6 is 11.3 Å². The molecule has 0 spiro atoms. The molecule has 1 aliphatic carbocycles. The molecule has 3 nitrogen and oxygen atoms in total. The minimum Gasteiger partial charge on any atom is -0.337 e. The molecule has 0 N–H and O–H groups in total. The standard InChI is InChI=1S/C15H20N2OS/c1-12(13-7-6-10-19-13)17(2)14(18)15(11-16)8-4-3-5-9-15/h6-7,10,12H,3-5,8-9H2,1-2H3. The van der Waals surface area contributed by atoms with Crippen molar-refractivity contribution in [3.8, 4) is 6.07 Å². The maximum absolute atomic E-state index is 12.7. The van der Waals surface area contributed by atoms with Gasteiger partial charge >= 0.3 is 0 Å². The molecule has 1 unspecified atom stereocenters. The first kappa shape index (κ1) is 14.1. The molecule has 1 saturated carbocycles. The topological polar surface area (TPSA) is 44.1 Å². The first-order valence-corrected chi connectivity index (χ1v) is 7.70. The van der Waals surface area contributed by atoms with Crippen molar-refractivity contribution in [1.82, 2.24) is 4.90 Å². The van der Waals surface area contributed by atoms with Gasteiger partial charge < -0.3 is 4.90 Å². The third-order valence-corrected chi connectivity index (χ3v) is 5.23. The van der Waals surface area contributed by atoms with E-state index in [-0.39, 0.29) is 11.9 Å². The Morgan fingerprint density at radius 1 is 1.47 bits per heavy atom. The number of hydrogen-bond acceptors (Lipinski definition) is 3. The summed E-state index contributed by atoms with van der Waals surface area (Å²) in [5.74, 6) is -0.00407. The number of nitriles is 1. The van der Waals surface area contributed by atoms with Crippen LogP contribution in [-0.4, -0.2) is 17.9 Å². The predicted octanol–water partition coefficient (Wildman–Crippen LogP) is 3.74. The number of hydrogen-bond donors (Lipinski definition) is 0. The summed E-state index contributed by atoms with van der Waals surface area (Å²) in [6.45, 7) is 2.03. The summed E-state index contributed by atoms with van der Waals surface area (Å²) < 4.78 is 0. The maximum atomic E-state index is 12.7. The third kappa shape index (κ3) is 2.66. The second-order valence-corrected chi connectivity index (χ2v) is 6.34. The Balaban J connectivity index is 2.16. The Bertz CT molecular complexity index is 469. The van der Waals surface area contributed by atoms with Crippen molar-refractivity contribution in [2.45, 2.75) is 45.1 Å². The fraction of sp³-hybridized carbons (Fsp3) is 0.600. The summed E-state index contributed by atoms with van der Waals surface area (Å²) in [5, 5.41) is 11.5. The van der Waals surface area contributed by atoms with Gasteiger partial charge in [-0.1, -0.05) is 25.3 Å². The molecule has 1 atom stereocenters. The van der Waals surface area contributed by atoms with Crippen molar-refractivity contribution in [2.75, 3.05) is 7.05 Å². The highest BCUT2D eigenvalue weighted by Crippen LogP contribution is 2.39. The lowest BCUT2D eigenvalue weighted by molar-refractivity contribution is -0.141. The minimum absolute atomic E-state index is 0.00407. The van der Waals surface area contributed by atoms with Gasteiger partial charge in [0.1, 0.15) is 5.41 Å². The molecule has 1 aromatic rings. The average molecular weight is 276 g/mol. The summed E-state index contributed by atoms with van der Waals surface area (Å²) in [7, 11) is 1.82. The highest BCUT2D eigenvalue weighted by atomic mass is 32.1. The zero-order valence-corrected chi connectivity index (χ0v) is 12.4. The summed E-state index contributed by atoms with van der Waals surface area (Å²) in [6.07, 6.45) is 4.54. The number of carbonyl (C=O) groups is 1. The van der Waals surface area contributed by atoms with Crippen molar-refractivity contribution < 1.29 is 4.79 Å². The van der Waals surface area contributed by atoms with Gasteiger partial charge in [-0.2, -0.15) is 5.26 Å². The van der Waals surface area contributed by atoms with E-state index in [1.54, 1.807) is 16.2 Å². The number of amides is 1. The molecule has 1 aliphatic rings. The van der Waals surface area contributed by atoms with Gasteiger partial charge in [-0.25, -0.2) is 0 Å². The Kier molecular flexibility index (Phi) is 4.26. The molecule has 0 saturated heterocycles. The molecular weight excluding hydrogens is 256 g/mol. The van der Waals surface area contributed by atoms with Gasteiger partial charge in [-0.3, -0.25) is 4.79 Å². The molecule has 1 aromatic heterocycles. The Morgan fingerprint density at radius 3 is 2.68 bits per heavy atom. The fourth-order valence-corrected chi connectivity index (χ4v) is 3.59. The summed E-state index contributed by atoms with van der Waals surface area (Å²) in [4.78, 5) is 15.6. The Labute approximate surface area is 118 Å². The van der Waals surface area contributed by atoms with Crippen molar-refractivity contribution in [1.29, 1.82) is 5.26 Å². The molecule has 102 valence electrons. The van der Waals surface area contributed by atoms with Gasteiger partial charge in [0.2, 0.25) is 5.91 Å². The van der Waals surface area contributed by atoms with Crippen LogP contribution in [0.25, 0.3) is 0 Å². The minimum atomic E-state index is -0.779. The van der Waals surface area contributed by atoms with Gasteiger partial charge in [0.05, 0.1) is 12.1 Å². The van der Waals surface area contributed by atoms with Crippen molar-refractivity contribution in [3.63, 3.8) is 0 Å². The second kappa shape index (κ2) is 5.75. The van der Waals surface area contributed by atoms with Gasteiger partial charge in [0.15, 0.2) is 0 Å². The molecule has 0 aromatic carbocycles. The first-order valence-electron chi connectivity index (χ1n) is 6.83. The van der Waals surface area contributed by atoms with Crippen molar-refractivity contribution in [3.05, 3.63) is 22.4 Å². The lowest BCUT2D eigenvalue weighted by atomic mass is 9.74. The molecule has 0 aliphatic heterocycles. The van der Waals surface area contributed by atoms with E-state index in [1.807, 2.05) is 31.5 Å². The van der Waals surface area contributed by atoms with Crippen LogP contribution in [0.5, 0.6) is 0 Å². The summed E-state index contributed by atoms with van der Waals surface area (Å²) in [6, 6.07) is 6.39. The van der Waals surface area contributed by atoms with Crippen LogP contribution < -0.4 is 0 Å². The lowest BCUT2D eigenvalue weighted by Gasteiger charge is -2.35. The molecular formula is C15H20N2OS. The van der Waals surface area contributed by atoms with E-state index in [9.17, 15) is 10.1 Å². The smallest absolute Gasteiger partial charge is 0.243 e. The molecule has 1 amide bonds. The largest absolute Gasteiger partial charge is 0.337 e. The number of rotatable bonds is 3. The van der Waals surface area contributed by atoms with Crippen molar-refractivity contribution >= 4 is 17.2 Å². The average Bonchev–Trinajstić information content (AvgIpc) is 2.99. The van der Waals surface area contributed by atoms with Gasteiger partial charge in [-0.05, 0) is 31.2 Å². The Morgan fingerprint density at radius 2 is 2.16 bits per heavy atom. The quantitative estimate of drug-likeness (QED) is 0.844. The predicted molar refractivity (Wildman–Crippen MR) is 76.6 cm³/mol. The Hall–Kier alpha value is -1.34. The molecule has 19 heavy (non-hydrogen) atoms. The van der Waals surface area contributed by atoms with Crippen LogP contribution in [0.2, 0.25) is 0 Å². The van der Waals surface area contributed by atoms with E-state index >= 15 is 0 Å². The highest BCUT2D eigenvalue weighted by Gasteiger charge is 2.42. The zero-order chi connectivity index (χ0) is 13.9. The van der Waals surface area contributed by atoms with Crippen LogP contribution in [0.1, 0.15) is 49.9 Å². The van der Waals surface area contributed by atoms with Crippen molar-refractivity contribution in [2.24, 2.45) is 5.41 Å². The number of carbonyl (C=O) groups excluding carboxylic acids is 1. The van der Waals surface area contributed by atoms with Gasteiger partial charge in [-0.15, -0.1) is 11.3 Å². The zero-order valence-electron chi connectivity index (χ0n) is 11.6. The normalized spacial score (nSPS) is 19.4. The SMILES string of the molecule is CC(c1cccs1)N(C)C(=O)C1(C#N)CCCCC1. The van der Waals surface area contributed by atoms with Crippen LogP contribution in [-0.2, 0) is 4.79 Å². The van der Waals surface area contributed by atoms with Gasteiger partial charge in [0, 0.05) is 11.9 Å². The van der Waals surface area contributed by atoms with E-state index < -0.39 is 5.41 Å². The number of nitrogens with zero attached hydrogens (tertiary/aromatic N) is 2. The third-order valence-electron chi connectivity index (χ3n) is 4.19. The molecule has 1 fully saturated rings. The molecule has 0 radical (unpaired) electrons. The fourth-order valence-electron chi connectivity index (χ4n) is 2.76. The summed E-state index contributed by atoms with van der Waals surface area (Å²) in [5.41, 5.74) is -0.779. The molecule has 0 bridgehead atoms. The maximum Gasteiger partial charge on any atom is 0.243 e. The first-order chi connectivity index (χ1) is 9.10. The number of thiophene rings is 1. The van der Waals surface area contributed by atoms with Crippen LogP contribution in [0.3, 0.4) is 0 Å². The van der Waals surface area contributed by atoms with E-state index in [4.69, 9.17) is 0 Å². The van der Waals surface area contributed by atoms with E-state index in [0.29, 0.717) is 12.8 Å². The molecule has 1 heterocycles.